The molecule has 0 radical (unpaired) electrons. The van der Waals surface area contributed by atoms with E-state index in [2.05, 4.69) is 15.9 Å². The normalized spacial score (nSPS) is 17.2. The van der Waals surface area contributed by atoms with Crippen LogP contribution in [0.15, 0.2) is 18.2 Å². The van der Waals surface area contributed by atoms with Gasteiger partial charge in [-0.3, -0.25) is 0 Å². The highest BCUT2D eigenvalue weighted by atomic mass is 79.9. The van der Waals surface area contributed by atoms with E-state index < -0.39 is 19.1 Å². The predicted molar refractivity (Wildman–Crippen MR) is 78.4 cm³/mol. The number of hydrogen-bond donors (Lipinski definition) is 1. The molecule has 0 heterocycles. The van der Waals surface area contributed by atoms with Crippen molar-refractivity contribution in [2.45, 2.75) is 16.1 Å². The number of halogens is 4. The van der Waals surface area contributed by atoms with E-state index in [0.717, 1.165) is 0 Å². The summed E-state index contributed by atoms with van der Waals surface area (Å²) in [5.41, 5.74) is 0.185. The summed E-state index contributed by atoms with van der Waals surface area (Å²) in [6, 6.07) is 4.32. The Hall–Kier alpha value is 0.480. The van der Waals surface area contributed by atoms with Gasteiger partial charge in [0.15, 0.2) is 9.84 Å². The second kappa shape index (κ2) is 5.85. The average molecular weight is 397 g/mol. The molecule has 18 heavy (non-hydrogen) atoms. The minimum atomic E-state index is -3.73. The van der Waals surface area contributed by atoms with Crippen molar-refractivity contribution in [1.29, 1.82) is 0 Å². The second-order valence-electron chi connectivity index (χ2n) is 3.53. The molecular weight excluding hydrogens is 386 g/mol. The van der Waals surface area contributed by atoms with E-state index in [-0.39, 0.29) is 16.3 Å². The van der Waals surface area contributed by atoms with Gasteiger partial charge >= 0.3 is 0 Å². The summed E-state index contributed by atoms with van der Waals surface area (Å²) in [7, 11) is -3.73. The van der Waals surface area contributed by atoms with Crippen molar-refractivity contribution < 1.29 is 13.5 Å². The number of sulfone groups is 1. The van der Waals surface area contributed by atoms with Crippen molar-refractivity contribution >= 4 is 60.6 Å². The monoisotopic (exact) mass is 394 g/mol. The first-order valence-electron chi connectivity index (χ1n) is 4.86. The maximum atomic E-state index is 11.8. The van der Waals surface area contributed by atoms with Crippen LogP contribution in [0.4, 0.5) is 0 Å². The summed E-state index contributed by atoms with van der Waals surface area (Å²) in [6.07, 6.45) is -1.52. The van der Waals surface area contributed by atoms with Gasteiger partial charge in [0.1, 0.15) is 6.10 Å². The lowest BCUT2D eigenvalue weighted by atomic mass is 10.1. The van der Waals surface area contributed by atoms with Crippen LogP contribution in [0.2, 0.25) is 10.0 Å². The molecule has 1 rings (SSSR count). The Morgan fingerprint density at radius 1 is 1.44 bits per heavy atom. The molecule has 0 bridgehead atoms. The lowest BCUT2D eigenvalue weighted by Crippen LogP contribution is -2.34. The summed E-state index contributed by atoms with van der Waals surface area (Å²) in [5, 5.41) is 10.6. The summed E-state index contributed by atoms with van der Waals surface area (Å²) in [4.78, 5) is 0. The SMILES string of the molecule is CCS(=O)(=O)[C@@](Cl)(Br)[C@@H](O)c1ccc(Cl)cc1Cl. The van der Waals surface area contributed by atoms with Crippen molar-refractivity contribution in [3.63, 3.8) is 0 Å². The van der Waals surface area contributed by atoms with Crippen LogP contribution in [-0.2, 0) is 9.84 Å². The highest BCUT2D eigenvalue weighted by Crippen LogP contribution is 2.44. The Bertz CT molecular complexity index is 545. The minimum Gasteiger partial charge on any atom is -0.384 e. The van der Waals surface area contributed by atoms with E-state index in [0.29, 0.717) is 5.02 Å². The Morgan fingerprint density at radius 3 is 2.44 bits per heavy atom. The van der Waals surface area contributed by atoms with Gasteiger partial charge in [-0.05, 0) is 28.1 Å². The first-order chi connectivity index (χ1) is 8.13. The van der Waals surface area contributed by atoms with Crippen LogP contribution in [0.3, 0.4) is 0 Å². The van der Waals surface area contributed by atoms with Gasteiger partial charge in [-0.2, -0.15) is 0 Å². The Balaban J connectivity index is 3.26. The molecule has 0 aliphatic heterocycles. The quantitative estimate of drug-likeness (QED) is 0.789. The van der Waals surface area contributed by atoms with Crippen molar-refractivity contribution in [3.05, 3.63) is 33.8 Å². The third kappa shape index (κ3) is 3.14. The molecule has 0 aromatic heterocycles. The van der Waals surface area contributed by atoms with Gasteiger partial charge in [0, 0.05) is 15.6 Å². The standard InChI is InChI=1S/C10H10BrCl3O3S/c1-2-18(16,17)10(11,14)9(15)7-4-3-6(12)5-8(7)13/h3-5,9,15H,2H2,1H3/t9-,10+/m0/s1. The Morgan fingerprint density at radius 2 is 2.00 bits per heavy atom. The molecule has 0 spiro atoms. The zero-order valence-corrected chi connectivity index (χ0v) is 13.9. The van der Waals surface area contributed by atoms with E-state index in [4.69, 9.17) is 34.8 Å². The summed E-state index contributed by atoms with van der Waals surface area (Å²) in [5.74, 6) is -0.218. The fourth-order valence-electron chi connectivity index (χ4n) is 1.27. The lowest BCUT2D eigenvalue weighted by molar-refractivity contribution is 0.185. The van der Waals surface area contributed by atoms with E-state index in [1.54, 1.807) is 0 Å². The van der Waals surface area contributed by atoms with Crippen LogP contribution in [0, 0.1) is 0 Å². The van der Waals surface area contributed by atoms with Crippen LogP contribution in [0.1, 0.15) is 18.6 Å². The molecule has 0 saturated carbocycles. The van der Waals surface area contributed by atoms with E-state index >= 15 is 0 Å². The van der Waals surface area contributed by atoms with Crippen molar-refractivity contribution in [1.82, 2.24) is 0 Å². The van der Waals surface area contributed by atoms with Gasteiger partial charge in [-0.15, -0.1) is 0 Å². The van der Waals surface area contributed by atoms with Crippen LogP contribution >= 0.6 is 50.7 Å². The Labute approximate surface area is 129 Å². The topological polar surface area (TPSA) is 54.4 Å². The first-order valence-corrected chi connectivity index (χ1v) is 8.44. The van der Waals surface area contributed by atoms with Crippen molar-refractivity contribution in [3.8, 4) is 0 Å². The summed E-state index contributed by atoms with van der Waals surface area (Å²) < 4.78 is 21.6. The molecule has 0 saturated heterocycles. The lowest BCUT2D eigenvalue weighted by Gasteiger charge is -2.26. The zero-order chi connectivity index (χ0) is 14.1. The molecule has 0 fully saturated rings. The molecule has 8 heteroatoms. The van der Waals surface area contributed by atoms with Gasteiger partial charge < -0.3 is 5.11 Å². The Kier molecular flexibility index (Phi) is 5.38. The maximum Gasteiger partial charge on any atom is 0.229 e. The largest absolute Gasteiger partial charge is 0.384 e. The number of aliphatic hydroxyl groups excluding tert-OH is 1. The summed E-state index contributed by atoms with van der Waals surface area (Å²) in [6.45, 7) is 1.43. The molecular formula is C10H10BrCl3O3S. The number of benzene rings is 1. The van der Waals surface area contributed by atoms with Crippen LogP contribution in [0.5, 0.6) is 0 Å². The fourth-order valence-corrected chi connectivity index (χ4v) is 4.01. The molecule has 1 N–H and O–H groups in total. The highest BCUT2D eigenvalue weighted by Gasteiger charge is 2.46. The third-order valence-corrected chi connectivity index (χ3v) is 7.57. The highest BCUT2D eigenvalue weighted by molar-refractivity contribution is 9.12. The molecule has 1 aromatic carbocycles. The second-order valence-corrected chi connectivity index (χ2v) is 9.88. The molecule has 102 valence electrons. The van der Waals surface area contributed by atoms with E-state index in [1.165, 1.54) is 25.1 Å². The van der Waals surface area contributed by atoms with Crippen LogP contribution < -0.4 is 0 Å². The molecule has 0 aliphatic rings. The van der Waals surface area contributed by atoms with Crippen molar-refractivity contribution in [2.75, 3.05) is 5.75 Å². The number of hydrogen-bond acceptors (Lipinski definition) is 3. The molecule has 2 atom stereocenters. The minimum absolute atomic E-state index is 0.144. The smallest absolute Gasteiger partial charge is 0.229 e. The van der Waals surface area contributed by atoms with Gasteiger partial charge in [0.05, 0.1) is 5.75 Å². The fraction of sp³-hybridized carbons (Fsp3) is 0.400. The predicted octanol–water partition coefficient (Wildman–Crippen LogP) is 3.75. The van der Waals surface area contributed by atoms with Gasteiger partial charge in [0.2, 0.25) is 3.12 Å². The molecule has 3 nitrogen and oxygen atoms in total. The van der Waals surface area contributed by atoms with E-state index in [9.17, 15) is 13.5 Å². The van der Waals surface area contributed by atoms with Gasteiger partial charge in [0.25, 0.3) is 0 Å². The number of aliphatic hydroxyl groups is 1. The molecule has 0 aliphatic carbocycles. The van der Waals surface area contributed by atoms with Gasteiger partial charge in [-0.25, -0.2) is 8.42 Å². The number of rotatable bonds is 4. The average Bonchev–Trinajstić information content (AvgIpc) is 2.28. The van der Waals surface area contributed by atoms with Crippen LogP contribution in [0.25, 0.3) is 0 Å². The number of alkyl halides is 2. The molecule has 1 aromatic rings. The molecule has 0 amide bonds. The zero-order valence-electron chi connectivity index (χ0n) is 9.20. The summed E-state index contributed by atoms with van der Waals surface area (Å²) >= 11 is 20.4. The maximum absolute atomic E-state index is 11.8. The van der Waals surface area contributed by atoms with Gasteiger partial charge in [-0.1, -0.05) is 47.8 Å². The molecule has 0 unspecified atom stereocenters. The van der Waals surface area contributed by atoms with Crippen LogP contribution in [-0.4, -0.2) is 22.4 Å². The van der Waals surface area contributed by atoms with E-state index in [1.807, 2.05) is 0 Å². The first kappa shape index (κ1) is 16.5. The van der Waals surface area contributed by atoms with Crippen molar-refractivity contribution in [2.24, 2.45) is 0 Å². The third-order valence-electron chi connectivity index (χ3n) is 2.37.